The van der Waals surface area contributed by atoms with Crippen molar-refractivity contribution in [3.05, 3.63) is 72.8 Å². The van der Waals surface area contributed by atoms with Gasteiger partial charge in [0, 0.05) is 34.0 Å². The second kappa shape index (κ2) is 7.98. The van der Waals surface area contributed by atoms with Crippen molar-refractivity contribution in [2.75, 3.05) is 24.9 Å². The summed E-state index contributed by atoms with van der Waals surface area (Å²) in [5, 5.41) is 6.78. The van der Waals surface area contributed by atoms with Gasteiger partial charge >= 0.3 is 6.03 Å². The van der Waals surface area contributed by atoms with Gasteiger partial charge in [0.1, 0.15) is 0 Å². The summed E-state index contributed by atoms with van der Waals surface area (Å²) < 4.78 is 10.5. The highest BCUT2D eigenvalue weighted by molar-refractivity contribution is 6.00. The third kappa shape index (κ3) is 4.01. The number of aromatic amines is 1. The van der Waals surface area contributed by atoms with E-state index < -0.39 is 0 Å². The Bertz CT molecular complexity index is 1120. The maximum atomic E-state index is 12.3. The smallest absolute Gasteiger partial charge is 0.323 e. The first-order valence-electron chi connectivity index (χ1n) is 9.14. The van der Waals surface area contributed by atoms with Gasteiger partial charge in [-0.15, -0.1) is 0 Å². The number of carbonyl (C=O) groups is 1. The number of urea groups is 1. The number of amides is 2. The van der Waals surface area contributed by atoms with Gasteiger partial charge in [-0.25, -0.2) is 4.79 Å². The lowest BCUT2D eigenvalue weighted by molar-refractivity contribution is 0.262. The van der Waals surface area contributed by atoms with E-state index >= 15 is 0 Å². The number of hydrogen-bond acceptors (Lipinski definition) is 3. The van der Waals surface area contributed by atoms with E-state index in [1.54, 1.807) is 32.4 Å². The van der Waals surface area contributed by atoms with Gasteiger partial charge in [0.05, 0.1) is 14.2 Å². The number of hydrogen-bond donors (Lipinski definition) is 3. The minimum atomic E-state index is -0.337. The van der Waals surface area contributed by atoms with Crippen molar-refractivity contribution in [2.24, 2.45) is 0 Å². The van der Waals surface area contributed by atoms with E-state index in [0.29, 0.717) is 22.9 Å². The Kier molecular flexibility index (Phi) is 5.07. The molecule has 0 unspecified atom stereocenters. The molecule has 0 aliphatic carbocycles. The molecule has 0 radical (unpaired) electrons. The second-order valence-electron chi connectivity index (χ2n) is 6.50. The van der Waals surface area contributed by atoms with Crippen molar-refractivity contribution in [2.45, 2.75) is 0 Å². The van der Waals surface area contributed by atoms with Gasteiger partial charge in [0.2, 0.25) is 0 Å². The summed E-state index contributed by atoms with van der Waals surface area (Å²) in [5.74, 6) is 1.15. The molecular weight excluding hydrogens is 366 g/mol. The lowest BCUT2D eigenvalue weighted by atomic mass is 10.1. The van der Waals surface area contributed by atoms with Crippen LogP contribution in [0.1, 0.15) is 0 Å². The molecule has 0 bridgehead atoms. The van der Waals surface area contributed by atoms with E-state index in [1.165, 1.54) is 5.39 Å². The number of carbonyl (C=O) groups excluding carboxylic acids is 1. The number of benzene rings is 3. The van der Waals surface area contributed by atoms with Gasteiger partial charge in [-0.3, -0.25) is 0 Å². The molecule has 0 spiro atoms. The number of aromatic nitrogens is 1. The van der Waals surface area contributed by atoms with Crippen LogP contribution in [-0.4, -0.2) is 25.2 Å². The minimum Gasteiger partial charge on any atom is -0.493 e. The molecule has 4 aromatic rings. The molecule has 146 valence electrons. The van der Waals surface area contributed by atoms with Gasteiger partial charge < -0.3 is 25.1 Å². The van der Waals surface area contributed by atoms with Gasteiger partial charge in [-0.05, 0) is 42.0 Å². The van der Waals surface area contributed by atoms with Crippen LogP contribution >= 0.6 is 0 Å². The van der Waals surface area contributed by atoms with E-state index in [1.807, 2.05) is 42.5 Å². The molecule has 3 aromatic carbocycles. The minimum absolute atomic E-state index is 0.337. The third-order valence-electron chi connectivity index (χ3n) is 4.63. The first-order valence-corrected chi connectivity index (χ1v) is 9.14. The van der Waals surface area contributed by atoms with Gasteiger partial charge in [-0.1, -0.05) is 30.3 Å². The van der Waals surface area contributed by atoms with E-state index in [-0.39, 0.29) is 6.03 Å². The zero-order valence-corrected chi connectivity index (χ0v) is 16.2. The van der Waals surface area contributed by atoms with E-state index in [4.69, 9.17) is 9.47 Å². The Morgan fingerprint density at radius 2 is 1.48 bits per heavy atom. The fourth-order valence-electron chi connectivity index (χ4n) is 3.17. The number of ether oxygens (including phenoxy) is 2. The van der Waals surface area contributed by atoms with Crippen molar-refractivity contribution < 1.29 is 14.3 Å². The molecular formula is C23H21N3O3. The molecule has 6 heteroatoms. The molecule has 4 rings (SSSR count). The van der Waals surface area contributed by atoms with Crippen LogP contribution in [0.2, 0.25) is 0 Å². The number of fused-ring (bicyclic) bond motifs is 1. The van der Waals surface area contributed by atoms with Crippen LogP contribution in [0.15, 0.2) is 72.8 Å². The normalized spacial score (nSPS) is 10.6. The molecule has 0 saturated carbocycles. The summed E-state index contributed by atoms with van der Waals surface area (Å²) in [4.78, 5) is 15.7. The Morgan fingerprint density at radius 3 is 2.21 bits per heavy atom. The lowest BCUT2D eigenvalue weighted by Gasteiger charge is -2.11. The summed E-state index contributed by atoms with van der Waals surface area (Å²) in [6, 6.07) is 22.8. The first-order chi connectivity index (χ1) is 14.2. The summed E-state index contributed by atoms with van der Waals surface area (Å²) in [7, 11) is 3.12. The highest BCUT2D eigenvalue weighted by Gasteiger charge is 2.08. The summed E-state index contributed by atoms with van der Waals surface area (Å²) in [6.45, 7) is 0. The Morgan fingerprint density at radius 1 is 0.793 bits per heavy atom. The Labute approximate surface area is 168 Å². The highest BCUT2D eigenvalue weighted by Crippen LogP contribution is 2.30. The molecule has 0 fully saturated rings. The fourth-order valence-corrected chi connectivity index (χ4v) is 3.17. The largest absolute Gasteiger partial charge is 0.493 e. The number of rotatable bonds is 5. The second-order valence-corrected chi connectivity index (χ2v) is 6.50. The van der Waals surface area contributed by atoms with Gasteiger partial charge in [-0.2, -0.15) is 0 Å². The lowest BCUT2D eigenvalue weighted by Crippen LogP contribution is -2.19. The topological polar surface area (TPSA) is 75.4 Å². The molecule has 0 saturated heterocycles. The summed E-state index contributed by atoms with van der Waals surface area (Å²) in [6.07, 6.45) is 0. The van der Waals surface area contributed by atoms with E-state index in [2.05, 4.69) is 27.8 Å². The van der Waals surface area contributed by atoms with Crippen LogP contribution in [0.3, 0.4) is 0 Å². The molecule has 0 aliphatic rings. The SMILES string of the molecule is COc1ccc(NC(=O)Nc2ccc(-c3cc4ccccc4[nH]3)cc2)cc1OC. The number of methoxy groups -OCH3 is 2. The predicted molar refractivity (Wildman–Crippen MR) is 116 cm³/mol. The molecule has 1 heterocycles. The van der Waals surface area contributed by atoms with Gasteiger partial charge in [0.25, 0.3) is 0 Å². The molecule has 6 nitrogen and oxygen atoms in total. The quantitative estimate of drug-likeness (QED) is 0.423. The molecule has 0 atom stereocenters. The zero-order valence-electron chi connectivity index (χ0n) is 16.2. The van der Waals surface area contributed by atoms with E-state index in [9.17, 15) is 4.79 Å². The summed E-state index contributed by atoms with van der Waals surface area (Å²) in [5.41, 5.74) is 4.48. The molecule has 2 amide bonds. The first kappa shape index (κ1) is 18.4. The van der Waals surface area contributed by atoms with Crippen molar-refractivity contribution in [1.82, 2.24) is 4.98 Å². The highest BCUT2D eigenvalue weighted by atomic mass is 16.5. The number of H-pyrrole nitrogens is 1. The average Bonchev–Trinajstić information content (AvgIpc) is 3.18. The van der Waals surface area contributed by atoms with Crippen molar-refractivity contribution in [1.29, 1.82) is 0 Å². The third-order valence-corrected chi connectivity index (χ3v) is 4.63. The van der Waals surface area contributed by atoms with Crippen LogP contribution < -0.4 is 20.1 Å². The maximum absolute atomic E-state index is 12.3. The Balaban J connectivity index is 1.44. The Hall–Kier alpha value is -3.93. The van der Waals surface area contributed by atoms with Crippen LogP contribution in [0, 0.1) is 0 Å². The monoisotopic (exact) mass is 387 g/mol. The molecule has 29 heavy (non-hydrogen) atoms. The van der Waals surface area contributed by atoms with Crippen molar-refractivity contribution in [3.8, 4) is 22.8 Å². The van der Waals surface area contributed by atoms with Crippen LogP contribution in [0.4, 0.5) is 16.2 Å². The molecule has 0 aliphatic heterocycles. The van der Waals surface area contributed by atoms with Crippen molar-refractivity contribution in [3.63, 3.8) is 0 Å². The average molecular weight is 387 g/mol. The number of anilines is 2. The van der Waals surface area contributed by atoms with Crippen LogP contribution in [0.25, 0.3) is 22.2 Å². The standard InChI is InChI=1S/C23H21N3O3/c1-28-21-12-11-18(14-22(21)29-2)25-23(27)24-17-9-7-15(8-10-17)20-13-16-5-3-4-6-19(16)26-20/h3-14,26H,1-2H3,(H2,24,25,27). The molecule has 1 aromatic heterocycles. The predicted octanol–water partition coefficient (Wildman–Crippen LogP) is 5.50. The number of nitrogens with one attached hydrogen (secondary N) is 3. The zero-order chi connectivity index (χ0) is 20.2. The molecule has 3 N–H and O–H groups in total. The fraction of sp³-hybridized carbons (Fsp3) is 0.0870. The van der Waals surface area contributed by atoms with Crippen molar-refractivity contribution >= 4 is 28.3 Å². The van der Waals surface area contributed by atoms with Crippen LogP contribution in [-0.2, 0) is 0 Å². The summed E-state index contributed by atoms with van der Waals surface area (Å²) >= 11 is 0. The van der Waals surface area contributed by atoms with Gasteiger partial charge in [0.15, 0.2) is 11.5 Å². The van der Waals surface area contributed by atoms with Crippen LogP contribution in [0.5, 0.6) is 11.5 Å². The van der Waals surface area contributed by atoms with E-state index in [0.717, 1.165) is 16.8 Å². The maximum Gasteiger partial charge on any atom is 0.323 e. The number of para-hydroxylation sites is 1.